The first-order valence-corrected chi connectivity index (χ1v) is 5.21. The van der Waals surface area contributed by atoms with Gasteiger partial charge in [-0.2, -0.15) is 5.10 Å². The molecule has 0 radical (unpaired) electrons. The van der Waals surface area contributed by atoms with Crippen molar-refractivity contribution in [3.05, 3.63) is 30.1 Å². The lowest BCUT2D eigenvalue weighted by molar-refractivity contribution is 0.528. The zero-order valence-electron chi connectivity index (χ0n) is 9.75. The molecule has 0 saturated carbocycles. The average molecular weight is 220 g/mol. The summed E-state index contributed by atoms with van der Waals surface area (Å²) < 4.78 is 3.71. The molecule has 0 aromatic carbocycles. The maximum atomic E-state index is 4.12. The predicted octanol–water partition coefficient (Wildman–Crippen LogP) is 0.399. The van der Waals surface area contributed by atoms with Crippen LogP contribution in [0.1, 0.15) is 24.4 Å². The topological polar surface area (TPSA) is 60.6 Å². The van der Waals surface area contributed by atoms with Crippen LogP contribution in [0.15, 0.2) is 18.7 Å². The summed E-state index contributed by atoms with van der Waals surface area (Å²) >= 11 is 0. The second-order valence-corrected chi connectivity index (χ2v) is 3.92. The number of hydrogen-bond acceptors (Lipinski definition) is 4. The molecule has 2 aromatic heterocycles. The zero-order chi connectivity index (χ0) is 11.5. The van der Waals surface area contributed by atoms with Crippen LogP contribution in [0.4, 0.5) is 0 Å². The summed E-state index contributed by atoms with van der Waals surface area (Å²) in [5, 5.41) is 15.4. The second kappa shape index (κ2) is 4.44. The average Bonchev–Trinajstić information content (AvgIpc) is 2.84. The van der Waals surface area contributed by atoms with Crippen LogP contribution in [-0.4, -0.2) is 24.5 Å². The lowest BCUT2D eigenvalue weighted by Crippen LogP contribution is -2.20. The van der Waals surface area contributed by atoms with Gasteiger partial charge in [-0.15, -0.1) is 10.2 Å². The van der Waals surface area contributed by atoms with Crippen molar-refractivity contribution in [1.29, 1.82) is 0 Å². The molecule has 86 valence electrons. The molecule has 0 fully saturated rings. The highest BCUT2D eigenvalue weighted by Crippen LogP contribution is 2.08. The number of aryl methyl sites for hydroxylation is 2. The predicted molar refractivity (Wildman–Crippen MR) is 59.5 cm³/mol. The number of nitrogens with one attached hydrogen (secondary N) is 1. The van der Waals surface area contributed by atoms with Crippen molar-refractivity contribution < 1.29 is 0 Å². The summed E-state index contributed by atoms with van der Waals surface area (Å²) in [5.74, 6) is 0.934. The summed E-state index contributed by atoms with van der Waals surface area (Å²) in [6, 6.07) is 0.174. The van der Waals surface area contributed by atoms with Gasteiger partial charge in [0.05, 0.1) is 12.2 Å². The highest BCUT2D eigenvalue weighted by atomic mass is 15.3. The van der Waals surface area contributed by atoms with Gasteiger partial charge in [0.25, 0.3) is 0 Å². The van der Waals surface area contributed by atoms with Crippen molar-refractivity contribution in [3.8, 4) is 0 Å². The largest absolute Gasteiger partial charge is 0.319 e. The summed E-state index contributed by atoms with van der Waals surface area (Å²) in [7, 11) is 3.85. The summed E-state index contributed by atoms with van der Waals surface area (Å²) in [4.78, 5) is 0. The molecular weight excluding hydrogens is 204 g/mol. The molecule has 2 rings (SSSR count). The Morgan fingerprint density at radius 3 is 2.81 bits per heavy atom. The highest BCUT2D eigenvalue weighted by molar-refractivity contribution is 5.04. The van der Waals surface area contributed by atoms with E-state index >= 15 is 0 Å². The van der Waals surface area contributed by atoms with Crippen molar-refractivity contribution in [3.63, 3.8) is 0 Å². The molecule has 1 unspecified atom stereocenters. The third-order valence-electron chi connectivity index (χ3n) is 2.50. The van der Waals surface area contributed by atoms with Crippen LogP contribution in [0.2, 0.25) is 0 Å². The van der Waals surface area contributed by atoms with Crippen molar-refractivity contribution in [2.45, 2.75) is 19.5 Å². The number of aromatic nitrogens is 5. The molecule has 0 spiro atoms. The van der Waals surface area contributed by atoms with Crippen LogP contribution < -0.4 is 5.32 Å². The molecule has 6 nitrogen and oxygen atoms in total. The Bertz CT molecular complexity index is 457. The van der Waals surface area contributed by atoms with Gasteiger partial charge in [0, 0.05) is 32.4 Å². The van der Waals surface area contributed by atoms with E-state index < -0.39 is 0 Å². The van der Waals surface area contributed by atoms with E-state index in [1.54, 1.807) is 11.0 Å². The second-order valence-electron chi connectivity index (χ2n) is 3.92. The van der Waals surface area contributed by atoms with Crippen LogP contribution in [0.3, 0.4) is 0 Å². The van der Waals surface area contributed by atoms with E-state index in [-0.39, 0.29) is 6.04 Å². The van der Waals surface area contributed by atoms with Gasteiger partial charge in [0.1, 0.15) is 12.2 Å². The van der Waals surface area contributed by atoms with Crippen LogP contribution in [0.25, 0.3) is 0 Å². The van der Waals surface area contributed by atoms with Crippen LogP contribution in [0.5, 0.6) is 0 Å². The summed E-state index contributed by atoms with van der Waals surface area (Å²) in [6.07, 6.45) is 5.56. The molecule has 0 saturated heterocycles. The lowest BCUT2D eigenvalue weighted by atomic mass is 10.3. The number of hydrogen-bond donors (Lipinski definition) is 1. The van der Waals surface area contributed by atoms with Crippen LogP contribution >= 0.6 is 0 Å². The van der Waals surface area contributed by atoms with Gasteiger partial charge >= 0.3 is 0 Å². The van der Waals surface area contributed by atoms with Gasteiger partial charge in [-0.05, 0) is 6.92 Å². The third kappa shape index (κ3) is 2.27. The Kier molecular flexibility index (Phi) is 3.00. The molecule has 1 N–H and O–H groups in total. The molecule has 2 heterocycles. The Morgan fingerprint density at radius 2 is 2.25 bits per heavy atom. The van der Waals surface area contributed by atoms with Gasteiger partial charge in [0.15, 0.2) is 0 Å². The van der Waals surface area contributed by atoms with E-state index in [2.05, 4.69) is 27.5 Å². The first-order chi connectivity index (χ1) is 7.66. The fourth-order valence-corrected chi connectivity index (χ4v) is 1.61. The van der Waals surface area contributed by atoms with E-state index in [4.69, 9.17) is 0 Å². The standard InChI is InChI=1S/C10H16N6/c1-8(10-14-12-7-15(10)2)11-4-9-5-13-16(3)6-9/h5-8,11H,4H2,1-3H3. The number of rotatable bonds is 4. The molecule has 0 aliphatic rings. The van der Waals surface area contributed by atoms with Crippen molar-refractivity contribution in [1.82, 2.24) is 29.9 Å². The first-order valence-electron chi connectivity index (χ1n) is 5.21. The molecule has 0 bridgehead atoms. The molecular formula is C10H16N6. The smallest absolute Gasteiger partial charge is 0.149 e. The van der Waals surface area contributed by atoms with Gasteiger partial charge < -0.3 is 9.88 Å². The van der Waals surface area contributed by atoms with E-state index in [9.17, 15) is 0 Å². The maximum Gasteiger partial charge on any atom is 0.149 e. The highest BCUT2D eigenvalue weighted by Gasteiger charge is 2.10. The minimum Gasteiger partial charge on any atom is -0.319 e. The molecule has 0 aliphatic heterocycles. The molecule has 16 heavy (non-hydrogen) atoms. The maximum absolute atomic E-state index is 4.12. The third-order valence-corrected chi connectivity index (χ3v) is 2.50. The van der Waals surface area contributed by atoms with E-state index in [0.29, 0.717) is 0 Å². The number of nitrogens with zero attached hydrogens (tertiary/aromatic N) is 5. The van der Waals surface area contributed by atoms with Gasteiger partial charge in [0.2, 0.25) is 0 Å². The quantitative estimate of drug-likeness (QED) is 0.810. The minimum absolute atomic E-state index is 0.174. The van der Waals surface area contributed by atoms with Gasteiger partial charge in [-0.25, -0.2) is 0 Å². The monoisotopic (exact) mass is 220 g/mol. The fourth-order valence-electron chi connectivity index (χ4n) is 1.61. The van der Waals surface area contributed by atoms with Gasteiger partial charge in [-0.1, -0.05) is 0 Å². The molecule has 0 amide bonds. The van der Waals surface area contributed by atoms with Crippen LogP contribution in [0, 0.1) is 0 Å². The first kappa shape index (κ1) is 10.8. The van der Waals surface area contributed by atoms with Gasteiger partial charge in [-0.3, -0.25) is 4.68 Å². The van der Waals surface area contributed by atoms with Crippen molar-refractivity contribution in [2.75, 3.05) is 0 Å². The van der Waals surface area contributed by atoms with Crippen LogP contribution in [-0.2, 0) is 20.6 Å². The normalized spacial score (nSPS) is 12.9. The minimum atomic E-state index is 0.174. The summed E-state index contributed by atoms with van der Waals surface area (Å²) in [6.45, 7) is 2.85. The van der Waals surface area contributed by atoms with E-state index in [1.807, 2.05) is 31.1 Å². The molecule has 1 atom stereocenters. The Hall–Kier alpha value is -1.69. The molecule has 0 aliphatic carbocycles. The van der Waals surface area contributed by atoms with Crippen molar-refractivity contribution >= 4 is 0 Å². The SMILES string of the molecule is CC(NCc1cnn(C)c1)c1nncn1C. The lowest BCUT2D eigenvalue weighted by Gasteiger charge is -2.11. The Labute approximate surface area is 94.3 Å². The Balaban J connectivity index is 1.93. The van der Waals surface area contributed by atoms with Crippen molar-refractivity contribution in [2.24, 2.45) is 14.1 Å². The van der Waals surface area contributed by atoms with E-state index in [0.717, 1.165) is 17.9 Å². The fraction of sp³-hybridized carbons (Fsp3) is 0.500. The molecule has 2 aromatic rings. The Morgan fingerprint density at radius 1 is 1.44 bits per heavy atom. The molecule has 6 heteroatoms. The van der Waals surface area contributed by atoms with E-state index in [1.165, 1.54) is 0 Å². The summed E-state index contributed by atoms with van der Waals surface area (Å²) in [5.41, 5.74) is 1.16. The zero-order valence-corrected chi connectivity index (χ0v) is 9.75.